The summed E-state index contributed by atoms with van der Waals surface area (Å²) in [6, 6.07) is 0. The zero-order chi connectivity index (χ0) is 18.4. The van der Waals surface area contributed by atoms with Crippen LogP contribution in [0, 0.1) is 0 Å². The van der Waals surface area contributed by atoms with E-state index < -0.39 is 15.6 Å². The molecule has 0 N–H and O–H groups in total. The minimum Gasteiger partial charge on any atom is -0.780 e. The summed E-state index contributed by atoms with van der Waals surface area (Å²) in [6.07, 6.45) is 8.66. The van der Waals surface area contributed by atoms with Gasteiger partial charge in [-0.3, -0.25) is 0 Å². The molecule has 0 spiro atoms. The van der Waals surface area contributed by atoms with Gasteiger partial charge in [-0.2, -0.15) is 0 Å². The van der Waals surface area contributed by atoms with Gasteiger partial charge in [0.15, 0.2) is 0 Å². The molecule has 0 saturated heterocycles. The van der Waals surface area contributed by atoms with Crippen LogP contribution in [0.2, 0.25) is 0 Å². The maximum absolute atomic E-state index is 11.4. The van der Waals surface area contributed by atoms with Crippen molar-refractivity contribution < 1.29 is 113 Å². The number of hydrogen-bond donors (Lipinski definition) is 0. The fourth-order valence-corrected chi connectivity index (χ4v) is 5.77. The summed E-state index contributed by atoms with van der Waals surface area (Å²) in [5.74, 6) is -0.822. The van der Waals surface area contributed by atoms with Gasteiger partial charge in [0.1, 0.15) is 27.1 Å². The summed E-state index contributed by atoms with van der Waals surface area (Å²) in [6.45, 7) is 0. The molecule has 5 rings (SSSR count). The summed E-state index contributed by atoms with van der Waals surface area (Å²) in [4.78, 5) is 45.5. The van der Waals surface area contributed by atoms with E-state index in [9.17, 15) is 28.7 Å². The van der Waals surface area contributed by atoms with Crippen LogP contribution < -0.4 is 104 Å². The van der Waals surface area contributed by atoms with Crippen LogP contribution in [0.1, 0.15) is 58.8 Å². The van der Waals surface area contributed by atoms with E-state index in [0.29, 0.717) is 35.1 Å². The second kappa shape index (κ2) is 9.69. The molecule has 8 nitrogen and oxygen atoms in total. The first-order valence-electron chi connectivity index (χ1n) is 8.16. The van der Waals surface area contributed by atoms with Gasteiger partial charge in [0.2, 0.25) is 0 Å². The first kappa shape index (κ1) is 29.0. The van der Waals surface area contributed by atoms with E-state index in [1.165, 1.54) is 0 Å². The van der Waals surface area contributed by atoms with E-state index in [1.807, 2.05) is 24.3 Å². The van der Waals surface area contributed by atoms with Crippen molar-refractivity contribution in [2.24, 2.45) is 0 Å². The van der Waals surface area contributed by atoms with Gasteiger partial charge in [0.05, 0.1) is 0 Å². The normalized spacial score (nSPS) is 26.0. The molecule has 0 saturated carbocycles. The third kappa shape index (κ3) is 4.77. The van der Waals surface area contributed by atoms with Crippen molar-refractivity contribution in [1.82, 2.24) is 0 Å². The van der Waals surface area contributed by atoms with Crippen molar-refractivity contribution in [3.05, 3.63) is 46.6 Å². The molecule has 0 unspecified atom stereocenters. The van der Waals surface area contributed by atoms with Crippen molar-refractivity contribution in [1.29, 1.82) is 0 Å². The van der Waals surface area contributed by atoms with Crippen LogP contribution in [-0.2, 0) is 9.13 Å². The van der Waals surface area contributed by atoms with E-state index in [4.69, 9.17) is 9.05 Å². The van der Waals surface area contributed by atoms with Crippen LogP contribution in [0.15, 0.2) is 24.3 Å². The number of hydrogen-bond acceptors (Lipinski definition) is 8. The van der Waals surface area contributed by atoms with Crippen molar-refractivity contribution >= 4 is 15.6 Å². The number of rotatable bonds is 4. The molecular formula is C16H12Li4O8P2. The van der Waals surface area contributed by atoms with E-state index in [0.717, 1.165) is 0 Å². The monoisotopic (exact) mass is 422 g/mol. The Morgan fingerprint density at radius 2 is 0.833 bits per heavy atom. The fourth-order valence-electron chi connectivity index (χ4n) is 4.93. The molecule has 4 aliphatic carbocycles. The molecule has 0 fully saturated rings. The summed E-state index contributed by atoms with van der Waals surface area (Å²) in [5.41, 5.74) is 1.81. The van der Waals surface area contributed by atoms with Gasteiger partial charge in [-0.25, -0.2) is 0 Å². The third-order valence-electron chi connectivity index (χ3n) is 5.62. The van der Waals surface area contributed by atoms with Gasteiger partial charge in [-0.05, 0) is 12.8 Å². The van der Waals surface area contributed by atoms with E-state index in [2.05, 4.69) is 0 Å². The van der Waals surface area contributed by atoms with Crippen molar-refractivity contribution in [3.8, 4) is 11.5 Å². The maximum Gasteiger partial charge on any atom is 1.00 e. The van der Waals surface area contributed by atoms with E-state index in [-0.39, 0.29) is 111 Å². The Morgan fingerprint density at radius 1 is 0.600 bits per heavy atom. The predicted molar refractivity (Wildman–Crippen MR) is 81.4 cm³/mol. The van der Waals surface area contributed by atoms with Gasteiger partial charge in [0, 0.05) is 45.9 Å². The molecule has 1 aromatic rings. The van der Waals surface area contributed by atoms with Gasteiger partial charge < -0.3 is 37.8 Å². The van der Waals surface area contributed by atoms with E-state index >= 15 is 0 Å². The summed E-state index contributed by atoms with van der Waals surface area (Å²) in [7, 11) is -10.6. The van der Waals surface area contributed by atoms with Gasteiger partial charge in [-0.1, -0.05) is 24.3 Å². The van der Waals surface area contributed by atoms with Crippen molar-refractivity contribution in [2.75, 3.05) is 0 Å². The zero-order valence-electron chi connectivity index (χ0n) is 17.2. The second-order valence-electron chi connectivity index (χ2n) is 7.06. The Kier molecular flexibility index (Phi) is 9.38. The second-order valence-corrected chi connectivity index (χ2v) is 9.21. The average Bonchev–Trinajstić information content (AvgIpc) is 3.25. The van der Waals surface area contributed by atoms with Crippen LogP contribution in [0.3, 0.4) is 0 Å². The first-order valence-corrected chi connectivity index (χ1v) is 11.1. The summed E-state index contributed by atoms with van der Waals surface area (Å²) in [5, 5.41) is 0. The van der Waals surface area contributed by atoms with Gasteiger partial charge >= 0.3 is 75.4 Å². The van der Waals surface area contributed by atoms with Crippen molar-refractivity contribution in [3.63, 3.8) is 0 Å². The van der Waals surface area contributed by atoms with Crippen LogP contribution in [0.25, 0.3) is 0 Å². The molecule has 0 amide bonds. The molecule has 0 radical (unpaired) electrons. The van der Waals surface area contributed by atoms with E-state index in [1.54, 1.807) is 0 Å². The third-order valence-corrected chi connectivity index (χ3v) is 6.43. The molecule has 4 atom stereocenters. The van der Waals surface area contributed by atoms with Crippen molar-refractivity contribution in [2.45, 2.75) is 36.5 Å². The quantitative estimate of drug-likeness (QED) is 0.264. The Labute approximate surface area is 221 Å². The maximum atomic E-state index is 11.4. The minimum absolute atomic E-state index is 0. The topological polar surface area (TPSA) is 145 Å². The molecule has 30 heavy (non-hydrogen) atoms. The number of fused-ring (bicyclic) bond motifs is 10. The SMILES string of the molecule is O=P([O-])([O-])Oc1c2c(c(OP(=O)([O-])[O-])c3c1[C@H]1C=C[C@@H]3C1)[C@H]1C=C[C@@H]2C1.[Li+].[Li+].[Li+].[Li+]. The van der Waals surface area contributed by atoms with Crippen LogP contribution in [0.4, 0.5) is 0 Å². The molecule has 0 heterocycles. The zero-order valence-corrected chi connectivity index (χ0v) is 19.0. The Balaban J connectivity index is 0.00000112. The molecule has 1 aromatic carbocycles. The fraction of sp³-hybridized carbons (Fsp3) is 0.375. The number of phosphoric acid groups is 2. The molecule has 0 aliphatic heterocycles. The molecule has 14 heteroatoms. The number of phosphoric ester groups is 2. The molecule has 0 aromatic heterocycles. The standard InChI is InChI=1S/C16H16O8P2.4Li/c17-25(18,19)23-15-11-7-1-2-8(5-7)12(11)16(24-26(20,21)22)14-10-4-3-9(6-10)13(14)15;;;;/h1-4,7-10H,5-6H2,(H2,17,18,19)(H2,20,21,22);;;;/q;4*+1/p-4/t7-,8+,9+,10-;;;;. The first-order chi connectivity index (χ1) is 12.1. The smallest absolute Gasteiger partial charge is 0.780 e. The molecular weight excluding hydrogens is 410 g/mol. The Hall–Kier alpha value is 0.990. The predicted octanol–water partition coefficient (Wildman–Crippen LogP) is -11.6. The van der Waals surface area contributed by atoms with Crippen LogP contribution >= 0.6 is 15.6 Å². The Morgan fingerprint density at radius 3 is 1.03 bits per heavy atom. The number of allylic oxidation sites excluding steroid dienone is 4. The van der Waals surface area contributed by atoms with Gasteiger partial charge in [-0.15, -0.1) is 0 Å². The average molecular weight is 422 g/mol. The summed E-state index contributed by atoms with van der Waals surface area (Å²) < 4.78 is 32.5. The largest absolute Gasteiger partial charge is 1.00 e. The minimum atomic E-state index is -5.32. The Bertz CT molecular complexity index is 873. The molecule has 4 bridgehead atoms. The van der Waals surface area contributed by atoms with Gasteiger partial charge in [0.25, 0.3) is 0 Å². The van der Waals surface area contributed by atoms with Crippen LogP contribution in [0.5, 0.6) is 11.5 Å². The molecule has 138 valence electrons. The summed E-state index contributed by atoms with van der Waals surface area (Å²) >= 11 is 0. The molecule has 4 aliphatic rings. The van der Waals surface area contributed by atoms with Crippen LogP contribution in [-0.4, -0.2) is 0 Å². The number of benzene rings is 1.